The lowest BCUT2D eigenvalue weighted by Crippen LogP contribution is -2.24. The van der Waals surface area contributed by atoms with Gasteiger partial charge in [-0.1, -0.05) is 24.4 Å². The van der Waals surface area contributed by atoms with Crippen LogP contribution in [0.2, 0.25) is 0 Å². The fraction of sp³-hybridized carbons (Fsp3) is 0.529. The minimum absolute atomic E-state index is 0.160. The third kappa shape index (κ3) is 4.07. The van der Waals surface area contributed by atoms with Crippen LogP contribution in [-0.4, -0.2) is 35.3 Å². The van der Waals surface area contributed by atoms with E-state index in [0.717, 1.165) is 18.7 Å². The molecule has 0 radical (unpaired) electrons. The fourth-order valence-corrected chi connectivity index (χ4v) is 2.98. The Morgan fingerprint density at radius 1 is 1.20 bits per heavy atom. The molecule has 0 unspecified atom stereocenters. The predicted octanol–water partition coefficient (Wildman–Crippen LogP) is 2.46. The van der Waals surface area contributed by atoms with E-state index in [1.54, 1.807) is 12.1 Å². The number of hydrogen-bond acceptors (Lipinski definition) is 7. The summed E-state index contributed by atoms with van der Waals surface area (Å²) in [6.45, 7) is 0.160. The molecule has 1 amide bonds. The second-order valence-corrected chi connectivity index (χ2v) is 5.97. The van der Waals surface area contributed by atoms with Gasteiger partial charge in [0.05, 0.1) is 20.8 Å². The number of carbonyl (C=O) groups is 1. The first-order chi connectivity index (χ1) is 12.2. The molecule has 0 aromatic carbocycles. The number of pyridine rings is 1. The Labute approximate surface area is 145 Å². The van der Waals surface area contributed by atoms with Crippen LogP contribution in [-0.2, 0) is 6.54 Å². The molecule has 8 nitrogen and oxygen atoms in total. The molecule has 1 N–H and O–H groups in total. The summed E-state index contributed by atoms with van der Waals surface area (Å²) in [5, 5.41) is 6.80. The van der Waals surface area contributed by atoms with Gasteiger partial charge < -0.3 is 19.3 Å². The van der Waals surface area contributed by atoms with Gasteiger partial charge in [-0.3, -0.25) is 4.79 Å². The van der Waals surface area contributed by atoms with E-state index in [2.05, 4.69) is 20.4 Å². The summed E-state index contributed by atoms with van der Waals surface area (Å²) in [6, 6.07) is 3.20. The van der Waals surface area contributed by atoms with E-state index in [0.29, 0.717) is 23.3 Å². The molecule has 25 heavy (non-hydrogen) atoms. The molecule has 1 saturated carbocycles. The average molecular weight is 346 g/mol. The van der Waals surface area contributed by atoms with Gasteiger partial charge in [-0.05, 0) is 18.9 Å². The molecular formula is C17H22N4O4. The largest absolute Gasteiger partial charge is 0.481 e. The third-order valence-electron chi connectivity index (χ3n) is 4.34. The number of methoxy groups -OCH3 is 2. The zero-order chi connectivity index (χ0) is 17.6. The fourth-order valence-electron chi connectivity index (χ4n) is 2.98. The maximum absolute atomic E-state index is 12.3. The number of rotatable bonds is 6. The maximum Gasteiger partial charge on any atom is 0.257 e. The maximum atomic E-state index is 12.3. The van der Waals surface area contributed by atoms with Crippen LogP contribution in [0.15, 0.2) is 16.7 Å². The number of hydrogen-bond donors (Lipinski definition) is 1. The number of amides is 1. The molecule has 0 aliphatic heterocycles. The predicted molar refractivity (Wildman–Crippen MR) is 88.6 cm³/mol. The van der Waals surface area contributed by atoms with Crippen molar-refractivity contribution in [3.63, 3.8) is 0 Å². The molecule has 3 rings (SSSR count). The van der Waals surface area contributed by atoms with Crippen LogP contribution in [0, 0.1) is 0 Å². The Morgan fingerprint density at radius 3 is 2.72 bits per heavy atom. The van der Waals surface area contributed by atoms with Crippen LogP contribution in [0.1, 0.15) is 60.1 Å². The molecule has 8 heteroatoms. The molecule has 2 aromatic heterocycles. The first-order valence-corrected chi connectivity index (χ1v) is 8.41. The smallest absolute Gasteiger partial charge is 0.257 e. The van der Waals surface area contributed by atoms with Gasteiger partial charge in [0, 0.05) is 12.0 Å². The van der Waals surface area contributed by atoms with Crippen LogP contribution >= 0.6 is 0 Å². The first kappa shape index (κ1) is 17.2. The summed E-state index contributed by atoms with van der Waals surface area (Å²) in [4.78, 5) is 20.8. The summed E-state index contributed by atoms with van der Waals surface area (Å²) in [7, 11) is 2.95. The van der Waals surface area contributed by atoms with Gasteiger partial charge in [0.2, 0.25) is 17.7 Å². The molecular weight excluding hydrogens is 324 g/mol. The lowest BCUT2D eigenvalue weighted by atomic mass is 9.89. The normalized spacial score (nSPS) is 15.0. The Morgan fingerprint density at radius 2 is 2.00 bits per heavy atom. The average Bonchev–Trinajstić information content (AvgIpc) is 3.15. The number of nitrogens with zero attached hydrogens (tertiary/aromatic N) is 3. The van der Waals surface area contributed by atoms with Gasteiger partial charge in [0.1, 0.15) is 5.56 Å². The minimum Gasteiger partial charge on any atom is -0.481 e. The van der Waals surface area contributed by atoms with Crippen molar-refractivity contribution < 1.29 is 18.8 Å². The summed E-state index contributed by atoms with van der Waals surface area (Å²) >= 11 is 0. The van der Waals surface area contributed by atoms with Crippen LogP contribution in [0.4, 0.5) is 0 Å². The Balaban J connectivity index is 1.61. The second-order valence-electron chi connectivity index (χ2n) is 5.97. The van der Waals surface area contributed by atoms with Crippen molar-refractivity contribution in [3.05, 3.63) is 29.4 Å². The molecule has 0 spiro atoms. The quantitative estimate of drug-likeness (QED) is 0.857. The topological polar surface area (TPSA) is 99.4 Å². The lowest BCUT2D eigenvalue weighted by Gasteiger charge is -2.17. The van der Waals surface area contributed by atoms with Gasteiger partial charge in [0.15, 0.2) is 5.82 Å². The van der Waals surface area contributed by atoms with Gasteiger partial charge >= 0.3 is 0 Å². The zero-order valence-corrected chi connectivity index (χ0v) is 14.4. The summed E-state index contributed by atoms with van der Waals surface area (Å²) in [5.74, 6) is 1.76. The second kappa shape index (κ2) is 7.96. The van der Waals surface area contributed by atoms with Crippen molar-refractivity contribution in [2.45, 2.75) is 44.6 Å². The van der Waals surface area contributed by atoms with Crippen molar-refractivity contribution >= 4 is 5.91 Å². The van der Waals surface area contributed by atoms with E-state index in [1.165, 1.54) is 33.5 Å². The molecule has 2 heterocycles. The Hall–Kier alpha value is -2.64. The van der Waals surface area contributed by atoms with Gasteiger partial charge in [0.25, 0.3) is 5.91 Å². The molecule has 0 atom stereocenters. The molecule has 1 fully saturated rings. The zero-order valence-electron chi connectivity index (χ0n) is 14.4. The van der Waals surface area contributed by atoms with Crippen LogP contribution in [0.5, 0.6) is 11.8 Å². The highest BCUT2D eigenvalue weighted by atomic mass is 16.5. The summed E-state index contributed by atoms with van der Waals surface area (Å²) in [6.07, 6.45) is 5.88. The van der Waals surface area contributed by atoms with E-state index in [1.807, 2.05) is 0 Å². The van der Waals surface area contributed by atoms with Crippen molar-refractivity contribution in [3.8, 4) is 11.8 Å². The van der Waals surface area contributed by atoms with Crippen LogP contribution < -0.4 is 14.8 Å². The number of aromatic nitrogens is 3. The monoisotopic (exact) mass is 346 g/mol. The SMILES string of the molecule is COc1ccc(C(=O)NCc2nc(C3CCCCC3)no2)c(OC)n1. The van der Waals surface area contributed by atoms with Crippen molar-refractivity contribution in [1.82, 2.24) is 20.4 Å². The van der Waals surface area contributed by atoms with Crippen molar-refractivity contribution in [2.24, 2.45) is 0 Å². The van der Waals surface area contributed by atoms with E-state index >= 15 is 0 Å². The highest BCUT2D eigenvalue weighted by Gasteiger charge is 2.21. The highest BCUT2D eigenvalue weighted by Crippen LogP contribution is 2.30. The molecule has 134 valence electrons. The first-order valence-electron chi connectivity index (χ1n) is 8.41. The number of nitrogens with one attached hydrogen (secondary N) is 1. The van der Waals surface area contributed by atoms with Crippen LogP contribution in [0.25, 0.3) is 0 Å². The molecule has 0 bridgehead atoms. The third-order valence-corrected chi connectivity index (χ3v) is 4.34. The molecule has 1 aliphatic carbocycles. The number of ether oxygens (including phenoxy) is 2. The van der Waals surface area contributed by atoms with Crippen LogP contribution in [0.3, 0.4) is 0 Å². The minimum atomic E-state index is -0.329. The van der Waals surface area contributed by atoms with Gasteiger partial charge in [-0.15, -0.1) is 0 Å². The van der Waals surface area contributed by atoms with Crippen molar-refractivity contribution in [2.75, 3.05) is 14.2 Å². The van der Waals surface area contributed by atoms with Gasteiger partial charge in [-0.25, -0.2) is 0 Å². The van der Waals surface area contributed by atoms with E-state index in [4.69, 9.17) is 14.0 Å². The highest BCUT2D eigenvalue weighted by molar-refractivity contribution is 5.96. The van der Waals surface area contributed by atoms with E-state index < -0.39 is 0 Å². The molecule has 1 aliphatic rings. The molecule has 0 saturated heterocycles. The standard InChI is InChI=1S/C17H22N4O4/c1-23-13-9-8-12(17(20-13)24-2)16(22)18-10-14-19-15(21-25-14)11-6-4-3-5-7-11/h8-9,11H,3-7,10H2,1-2H3,(H,18,22). The summed E-state index contributed by atoms with van der Waals surface area (Å²) in [5.41, 5.74) is 0.315. The van der Waals surface area contributed by atoms with E-state index in [9.17, 15) is 4.79 Å². The summed E-state index contributed by atoms with van der Waals surface area (Å²) < 4.78 is 15.4. The van der Waals surface area contributed by atoms with Crippen molar-refractivity contribution in [1.29, 1.82) is 0 Å². The lowest BCUT2D eigenvalue weighted by molar-refractivity contribution is 0.0942. The van der Waals surface area contributed by atoms with Gasteiger partial charge in [-0.2, -0.15) is 9.97 Å². The number of carbonyl (C=O) groups excluding carboxylic acids is 1. The van der Waals surface area contributed by atoms with E-state index in [-0.39, 0.29) is 18.3 Å². The Bertz CT molecular complexity index is 725. The Kier molecular flexibility index (Phi) is 5.47. The molecule has 2 aromatic rings.